The number of phenols is 1. The Morgan fingerprint density at radius 2 is 1.79 bits per heavy atom. The average molecular weight is 470 g/mol. The maximum atomic E-state index is 13.7. The third-order valence-corrected chi connectivity index (χ3v) is 7.79. The second-order valence-electron chi connectivity index (χ2n) is 9.58. The molecule has 3 aliphatic carbocycles. The first-order valence-electron chi connectivity index (χ1n) is 11.3. The number of primary amides is 1. The molecule has 1 heterocycles. The molecule has 1 amide bonds. The molecule has 1 aliphatic heterocycles. The highest BCUT2D eigenvalue weighted by Gasteiger charge is 2.64. The van der Waals surface area contributed by atoms with Gasteiger partial charge in [0.15, 0.2) is 11.4 Å². The summed E-state index contributed by atoms with van der Waals surface area (Å²) in [6.07, 6.45) is 0.519. The summed E-state index contributed by atoms with van der Waals surface area (Å²) in [5.74, 6) is -6.58. The summed E-state index contributed by atoms with van der Waals surface area (Å²) in [6.45, 7) is 0.584. The van der Waals surface area contributed by atoms with Crippen LogP contribution in [0.3, 0.4) is 0 Å². The van der Waals surface area contributed by atoms with Crippen molar-refractivity contribution in [2.24, 2.45) is 17.6 Å². The number of benzene rings is 1. The molecule has 0 radical (unpaired) electrons. The molecule has 0 aromatic heterocycles. The molecule has 1 saturated carbocycles. The third kappa shape index (κ3) is 2.95. The van der Waals surface area contributed by atoms with Gasteiger partial charge in [-0.2, -0.15) is 0 Å². The summed E-state index contributed by atoms with van der Waals surface area (Å²) in [4.78, 5) is 41.0. The van der Waals surface area contributed by atoms with Crippen molar-refractivity contribution in [1.29, 1.82) is 0 Å². The van der Waals surface area contributed by atoms with Crippen molar-refractivity contribution < 1.29 is 39.9 Å². The van der Waals surface area contributed by atoms with E-state index in [4.69, 9.17) is 5.73 Å². The lowest BCUT2D eigenvalue weighted by atomic mass is 9.57. The second kappa shape index (κ2) is 7.66. The largest absolute Gasteiger partial charge is 0.508 e. The molecule has 1 aromatic carbocycles. The molecule has 4 aliphatic rings. The van der Waals surface area contributed by atoms with Crippen LogP contribution in [-0.4, -0.2) is 78.7 Å². The van der Waals surface area contributed by atoms with Gasteiger partial charge in [-0.05, 0) is 43.2 Å². The van der Waals surface area contributed by atoms with E-state index in [-0.39, 0.29) is 29.7 Å². The lowest BCUT2D eigenvalue weighted by Crippen LogP contribution is -2.67. The van der Waals surface area contributed by atoms with Gasteiger partial charge in [-0.15, -0.1) is 0 Å². The van der Waals surface area contributed by atoms with Crippen LogP contribution in [0.2, 0.25) is 0 Å². The zero-order valence-electron chi connectivity index (χ0n) is 18.3. The molecule has 10 heteroatoms. The van der Waals surface area contributed by atoms with Crippen LogP contribution in [0.4, 0.5) is 0 Å². The number of ketones is 2. The van der Waals surface area contributed by atoms with Crippen LogP contribution in [0.25, 0.3) is 5.76 Å². The lowest BCUT2D eigenvalue weighted by molar-refractivity contribution is -0.156. The number of aromatic hydroxyl groups is 1. The molecule has 180 valence electrons. The molecule has 0 bridgehead atoms. The number of nitrogens with zero attached hydrogens (tertiary/aromatic N) is 1. The molecule has 1 saturated heterocycles. The van der Waals surface area contributed by atoms with Gasteiger partial charge in [-0.1, -0.05) is 12.1 Å². The summed E-state index contributed by atoms with van der Waals surface area (Å²) in [7, 11) is 0. The number of piperidine rings is 1. The van der Waals surface area contributed by atoms with E-state index in [9.17, 15) is 39.9 Å². The number of carbonyl (C=O) groups excluding carboxylic acids is 3. The Balaban J connectivity index is 1.69. The van der Waals surface area contributed by atoms with Gasteiger partial charge in [0.2, 0.25) is 5.78 Å². The zero-order valence-corrected chi connectivity index (χ0v) is 18.3. The van der Waals surface area contributed by atoms with Crippen molar-refractivity contribution in [1.82, 2.24) is 4.90 Å². The number of Topliss-reactive ketones (excluding diaryl/α,β-unsaturated/α-hetero) is 2. The van der Waals surface area contributed by atoms with E-state index in [2.05, 4.69) is 0 Å². The first-order chi connectivity index (χ1) is 16.1. The Kier molecular flexibility index (Phi) is 5.08. The number of carbonyl (C=O) groups is 3. The van der Waals surface area contributed by atoms with Crippen molar-refractivity contribution in [2.75, 3.05) is 13.1 Å². The van der Waals surface area contributed by atoms with Gasteiger partial charge >= 0.3 is 0 Å². The first-order valence-corrected chi connectivity index (χ1v) is 11.3. The predicted molar refractivity (Wildman–Crippen MR) is 117 cm³/mol. The van der Waals surface area contributed by atoms with Gasteiger partial charge in [0, 0.05) is 24.6 Å². The molecule has 5 rings (SSSR count). The Morgan fingerprint density at radius 1 is 1.12 bits per heavy atom. The van der Waals surface area contributed by atoms with Crippen LogP contribution in [0.15, 0.2) is 35.1 Å². The Morgan fingerprint density at radius 3 is 2.44 bits per heavy atom. The standard InChI is InChI=1S/C24H26N2O8/c25-23(33)17-20(30)18(26-6-4-12(27)5-7-26)13-9-11-8-10-2-1-3-14(28)15(10)19(29)16(11)21(31)24(13,34)22(17)32/h1-3,11-13,18,27-29,32,34H,4-9H2,(H2,25,33)/t11-,13-,18+,24-/m0/s1. The lowest BCUT2D eigenvalue weighted by Gasteiger charge is -2.52. The summed E-state index contributed by atoms with van der Waals surface area (Å²) in [5.41, 5.74) is 2.42. The topological polar surface area (TPSA) is 182 Å². The minimum atomic E-state index is -2.65. The van der Waals surface area contributed by atoms with E-state index in [0.29, 0.717) is 31.5 Å². The number of fused-ring (bicyclic) bond motifs is 3. The molecule has 2 fully saturated rings. The first kappa shape index (κ1) is 22.6. The van der Waals surface area contributed by atoms with Crippen molar-refractivity contribution in [3.63, 3.8) is 0 Å². The zero-order chi connectivity index (χ0) is 24.5. The third-order valence-electron chi connectivity index (χ3n) is 7.79. The highest BCUT2D eigenvalue weighted by molar-refractivity contribution is 6.24. The number of nitrogens with two attached hydrogens (primary N) is 1. The molecular weight excluding hydrogens is 444 g/mol. The van der Waals surface area contributed by atoms with Crippen LogP contribution < -0.4 is 5.73 Å². The number of aliphatic hydroxyl groups excluding tert-OH is 3. The molecule has 1 aromatic rings. The van der Waals surface area contributed by atoms with Gasteiger partial charge in [-0.3, -0.25) is 19.3 Å². The maximum absolute atomic E-state index is 13.7. The molecule has 4 atom stereocenters. The smallest absolute Gasteiger partial charge is 0.255 e. The quantitative estimate of drug-likeness (QED) is 0.320. The highest BCUT2D eigenvalue weighted by Crippen LogP contribution is 2.52. The van der Waals surface area contributed by atoms with E-state index in [1.54, 1.807) is 17.0 Å². The van der Waals surface area contributed by atoms with Gasteiger partial charge in [0.05, 0.1) is 17.7 Å². The normalized spacial score (nSPS) is 32.4. The fraction of sp³-hybridized carbons (Fsp3) is 0.458. The number of aliphatic hydroxyl groups is 4. The fourth-order valence-corrected chi connectivity index (χ4v) is 6.17. The molecule has 7 N–H and O–H groups in total. The maximum Gasteiger partial charge on any atom is 0.255 e. The van der Waals surface area contributed by atoms with E-state index < -0.39 is 64.1 Å². The van der Waals surface area contributed by atoms with Crippen molar-refractivity contribution >= 4 is 23.2 Å². The Hall–Kier alpha value is -3.21. The van der Waals surface area contributed by atoms with Crippen molar-refractivity contribution in [2.45, 2.75) is 43.4 Å². The monoisotopic (exact) mass is 470 g/mol. The minimum Gasteiger partial charge on any atom is -0.508 e. The minimum absolute atomic E-state index is 0.0578. The summed E-state index contributed by atoms with van der Waals surface area (Å²) in [6, 6.07) is 3.58. The molecular formula is C24H26N2O8. The van der Waals surface area contributed by atoms with Gasteiger partial charge in [-0.25, -0.2) is 0 Å². The average Bonchev–Trinajstić information content (AvgIpc) is 2.77. The molecule has 0 unspecified atom stereocenters. The van der Waals surface area contributed by atoms with Crippen LogP contribution in [-0.2, 0) is 20.8 Å². The van der Waals surface area contributed by atoms with Crippen molar-refractivity contribution in [3.05, 3.63) is 46.2 Å². The molecule has 10 nitrogen and oxygen atoms in total. The fourth-order valence-electron chi connectivity index (χ4n) is 6.17. The molecule has 34 heavy (non-hydrogen) atoms. The number of amides is 1. The Bertz CT molecular complexity index is 1180. The number of hydrogen-bond donors (Lipinski definition) is 6. The summed E-state index contributed by atoms with van der Waals surface area (Å²) in [5, 5.41) is 53.7. The number of phenolic OH excluding ortho intramolecular Hbond substituents is 1. The van der Waals surface area contributed by atoms with Crippen LogP contribution >= 0.6 is 0 Å². The summed E-state index contributed by atoms with van der Waals surface area (Å²) < 4.78 is 0. The Labute approximate surface area is 194 Å². The van der Waals surface area contributed by atoms with E-state index in [0.717, 1.165) is 0 Å². The number of rotatable bonds is 2. The van der Waals surface area contributed by atoms with E-state index in [1.807, 2.05) is 0 Å². The van der Waals surface area contributed by atoms with Gasteiger partial charge in [0.25, 0.3) is 5.91 Å². The predicted octanol–water partition coefficient (Wildman–Crippen LogP) is -0.141. The number of likely N-dealkylation sites (tertiary alicyclic amines) is 1. The number of hydrogen-bond acceptors (Lipinski definition) is 9. The second-order valence-corrected chi connectivity index (χ2v) is 9.58. The summed E-state index contributed by atoms with van der Waals surface area (Å²) >= 11 is 0. The van der Waals surface area contributed by atoms with Gasteiger partial charge in [0.1, 0.15) is 22.8 Å². The van der Waals surface area contributed by atoms with Crippen LogP contribution in [0.1, 0.15) is 30.4 Å². The van der Waals surface area contributed by atoms with Crippen LogP contribution in [0.5, 0.6) is 5.75 Å². The molecule has 0 spiro atoms. The highest BCUT2D eigenvalue weighted by atomic mass is 16.3. The van der Waals surface area contributed by atoms with Gasteiger partial charge < -0.3 is 31.3 Å². The van der Waals surface area contributed by atoms with Crippen LogP contribution in [0, 0.1) is 11.8 Å². The van der Waals surface area contributed by atoms with Crippen molar-refractivity contribution in [3.8, 4) is 5.75 Å². The van der Waals surface area contributed by atoms with E-state index >= 15 is 0 Å². The van der Waals surface area contributed by atoms with E-state index in [1.165, 1.54) is 6.07 Å². The SMILES string of the molecule is NC(=O)C1=C(O)[C@@]2(O)C(=O)C3=C(O)c4c(O)cccc4C[C@H]3C[C@H]2[C@@H](N2CCC(O)CC2)C1=O.